The Bertz CT molecular complexity index is 269. The highest BCUT2D eigenvalue weighted by Gasteiger charge is 2.37. The van der Waals surface area contributed by atoms with E-state index in [2.05, 4.69) is 12.2 Å². The highest BCUT2D eigenvalue weighted by molar-refractivity contribution is 5.86. The van der Waals surface area contributed by atoms with Crippen molar-refractivity contribution in [3.05, 3.63) is 0 Å². The first-order chi connectivity index (χ1) is 8.12. The molecule has 4 nitrogen and oxygen atoms in total. The molecule has 4 heteroatoms. The minimum Gasteiger partial charge on any atom is -0.381 e. The molecule has 2 aliphatic rings. The van der Waals surface area contributed by atoms with Crippen molar-refractivity contribution in [1.82, 2.24) is 5.32 Å². The van der Waals surface area contributed by atoms with Crippen LogP contribution in [0, 0.1) is 5.92 Å². The summed E-state index contributed by atoms with van der Waals surface area (Å²) >= 11 is 0. The molecule has 0 aromatic carbocycles. The molecular weight excluding hydrogens is 216 g/mol. The van der Waals surface area contributed by atoms with Gasteiger partial charge >= 0.3 is 0 Å². The smallest absolute Gasteiger partial charge is 0.240 e. The molecule has 2 rings (SSSR count). The predicted octanol–water partition coefficient (Wildman–Crippen LogP) is 1.19. The fraction of sp³-hybridized carbons (Fsp3) is 0.923. The molecule has 2 fully saturated rings. The fourth-order valence-corrected chi connectivity index (χ4v) is 2.89. The number of hydrogen-bond acceptors (Lipinski definition) is 3. The van der Waals surface area contributed by atoms with Gasteiger partial charge in [-0.15, -0.1) is 0 Å². The first kappa shape index (κ1) is 12.8. The maximum absolute atomic E-state index is 12.2. The summed E-state index contributed by atoms with van der Waals surface area (Å²) in [5.41, 5.74) is 5.45. The summed E-state index contributed by atoms with van der Waals surface area (Å²) in [5.74, 6) is 0.655. The van der Waals surface area contributed by atoms with E-state index in [0.29, 0.717) is 32.0 Å². The lowest BCUT2D eigenvalue weighted by molar-refractivity contribution is -0.130. The zero-order chi connectivity index (χ0) is 12.3. The maximum Gasteiger partial charge on any atom is 0.240 e. The molecule has 1 amide bonds. The molecule has 3 N–H and O–H groups in total. The van der Waals surface area contributed by atoms with Crippen molar-refractivity contribution < 1.29 is 9.53 Å². The number of hydrogen-bond donors (Lipinski definition) is 2. The highest BCUT2D eigenvalue weighted by Crippen LogP contribution is 2.28. The summed E-state index contributed by atoms with van der Waals surface area (Å²) in [6, 6.07) is 0.258. The van der Waals surface area contributed by atoms with E-state index < -0.39 is 5.54 Å². The molecule has 1 saturated carbocycles. The van der Waals surface area contributed by atoms with Crippen molar-refractivity contribution in [1.29, 1.82) is 0 Å². The fourth-order valence-electron chi connectivity index (χ4n) is 2.89. The Morgan fingerprint density at radius 1 is 1.35 bits per heavy atom. The van der Waals surface area contributed by atoms with Gasteiger partial charge in [-0.3, -0.25) is 4.79 Å². The number of nitrogens with two attached hydrogens (primary N) is 1. The quantitative estimate of drug-likeness (QED) is 0.779. The van der Waals surface area contributed by atoms with Crippen molar-refractivity contribution >= 4 is 5.91 Å². The van der Waals surface area contributed by atoms with Crippen molar-refractivity contribution in [2.24, 2.45) is 11.7 Å². The molecule has 0 aromatic rings. The maximum atomic E-state index is 12.2. The van der Waals surface area contributed by atoms with Crippen LogP contribution in [0.5, 0.6) is 0 Å². The van der Waals surface area contributed by atoms with Crippen LogP contribution < -0.4 is 11.1 Å². The zero-order valence-corrected chi connectivity index (χ0v) is 10.7. The summed E-state index contributed by atoms with van der Waals surface area (Å²) in [7, 11) is 0. The molecule has 0 spiro atoms. The minimum atomic E-state index is -0.703. The average molecular weight is 240 g/mol. The lowest BCUT2D eigenvalue weighted by atomic mass is 9.89. The van der Waals surface area contributed by atoms with Gasteiger partial charge in [-0.25, -0.2) is 0 Å². The second kappa shape index (κ2) is 5.36. The van der Waals surface area contributed by atoms with Crippen LogP contribution in [-0.2, 0) is 9.53 Å². The van der Waals surface area contributed by atoms with Crippen molar-refractivity contribution in [2.45, 2.75) is 57.0 Å². The van der Waals surface area contributed by atoms with E-state index in [1.54, 1.807) is 0 Å². The first-order valence-corrected chi connectivity index (χ1v) is 6.79. The molecule has 1 heterocycles. The lowest BCUT2D eigenvalue weighted by Crippen LogP contribution is -2.59. The van der Waals surface area contributed by atoms with Gasteiger partial charge in [0.05, 0.1) is 5.54 Å². The van der Waals surface area contributed by atoms with Gasteiger partial charge in [0.1, 0.15) is 0 Å². The summed E-state index contributed by atoms with van der Waals surface area (Å²) in [6.07, 6.45) is 6.34. The Balaban J connectivity index is 1.86. The van der Waals surface area contributed by atoms with Crippen LogP contribution in [0.3, 0.4) is 0 Å². The van der Waals surface area contributed by atoms with Gasteiger partial charge in [0, 0.05) is 19.3 Å². The molecule has 1 aliphatic carbocycles. The Morgan fingerprint density at radius 3 is 2.53 bits per heavy atom. The topological polar surface area (TPSA) is 64.4 Å². The van der Waals surface area contributed by atoms with Crippen LogP contribution in [0.25, 0.3) is 0 Å². The third-order valence-electron chi connectivity index (χ3n) is 4.30. The van der Waals surface area contributed by atoms with E-state index in [1.807, 2.05) is 0 Å². The molecule has 1 aliphatic heterocycles. The number of ether oxygens (including phenoxy) is 1. The van der Waals surface area contributed by atoms with Gasteiger partial charge in [-0.2, -0.15) is 0 Å². The Morgan fingerprint density at radius 2 is 1.94 bits per heavy atom. The van der Waals surface area contributed by atoms with E-state index in [-0.39, 0.29) is 11.9 Å². The first-order valence-electron chi connectivity index (χ1n) is 6.79. The normalized spacial score (nSPS) is 26.7. The molecule has 0 unspecified atom stereocenters. The largest absolute Gasteiger partial charge is 0.381 e. The molecule has 1 saturated heterocycles. The SMILES string of the molecule is C[C@H](NC(=O)C1(N)CCOCC1)C1CCCC1. The van der Waals surface area contributed by atoms with Crippen LogP contribution in [0.15, 0.2) is 0 Å². The number of rotatable bonds is 3. The van der Waals surface area contributed by atoms with Crippen LogP contribution in [0.2, 0.25) is 0 Å². The van der Waals surface area contributed by atoms with Gasteiger partial charge in [0.15, 0.2) is 0 Å². The van der Waals surface area contributed by atoms with Crippen LogP contribution in [-0.4, -0.2) is 30.7 Å². The monoisotopic (exact) mass is 240 g/mol. The molecule has 0 radical (unpaired) electrons. The van der Waals surface area contributed by atoms with Crippen LogP contribution >= 0.6 is 0 Å². The van der Waals surface area contributed by atoms with E-state index in [0.717, 1.165) is 0 Å². The van der Waals surface area contributed by atoms with E-state index in [9.17, 15) is 4.79 Å². The second-order valence-electron chi connectivity index (χ2n) is 5.58. The van der Waals surface area contributed by atoms with Gasteiger partial charge < -0.3 is 15.8 Å². The number of amides is 1. The molecule has 1 atom stereocenters. The van der Waals surface area contributed by atoms with Crippen LogP contribution in [0.4, 0.5) is 0 Å². The summed E-state index contributed by atoms with van der Waals surface area (Å²) in [6.45, 7) is 3.31. The lowest BCUT2D eigenvalue weighted by Gasteiger charge is -2.34. The predicted molar refractivity (Wildman–Crippen MR) is 66.5 cm³/mol. The highest BCUT2D eigenvalue weighted by atomic mass is 16.5. The minimum absolute atomic E-state index is 0.0141. The summed E-state index contributed by atoms with van der Waals surface area (Å²) in [4.78, 5) is 12.2. The van der Waals surface area contributed by atoms with Crippen molar-refractivity contribution in [3.63, 3.8) is 0 Å². The molecule has 0 aromatic heterocycles. The van der Waals surface area contributed by atoms with Gasteiger partial charge in [-0.1, -0.05) is 12.8 Å². The van der Waals surface area contributed by atoms with Gasteiger partial charge in [-0.05, 0) is 38.5 Å². The van der Waals surface area contributed by atoms with E-state index in [1.165, 1.54) is 25.7 Å². The third kappa shape index (κ3) is 2.99. The van der Waals surface area contributed by atoms with Gasteiger partial charge in [0.2, 0.25) is 5.91 Å². The Labute approximate surface area is 103 Å². The molecular formula is C13H24N2O2. The number of nitrogens with one attached hydrogen (secondary N) is 1. The van der Waals surface area contributed by atoms with Crippen LogP contribution in [0.1, 0.15) is 45.4 Å². The number of carbonyl (C=O) groups is 1. The molecule has 0 bridgehead atoms. The number of carbonyl (C=O) groups excluding carboxylic acids is 1. The Hall–Kier alpha value is -0.610. The van der Waals surface area contributed by atoms with Gasteiger partial charge in [0.25, 0.3) is 0 Å². The summed E-state index contributed by atoms with van der Waals surface area (Å²) < 4.78 is 5.26. The van der Waals surface area contributed by atoms with Crippen molar-refractivity contribution in [3.8, 4) is 0 Å². The Kier molecular flexibility index (Phi) is 4.05. The van der Waals surface area contributed by atoms with Crippen molar-refractivity contribution in [2.75, 3.05) is 13.2 Å². The van der Waals surface area contributed by atoms with E-state index >= 15 is 0 Å². The zero-order valence-electron chi connectivity index (χ0n) is 10.7. The third-order valence-corrected chi connectivity index (χ3v) is 4.30. The standard InChI is InChI=1S/C13H24N2O2/c1-10(11-4-2-3-5-11)15-12(16)13(14)6-8-17-9-7-13/h10-11H,2-9,14H2,1H3,(H,15,16)/t10-/m0/s1. The molecule has 98 valence electrons. The molecule has 17 heavy (non-hydrogen) atoms. The summed E-state index contributed by atoms with van der Waals surface area (Å²) in [5, 5.41) is 3.11. The van der Waals surface area contributed by atoms with E-state index in [4.69, 9.17) is 10.5 Å². The average Bonchev–Trinajstić information content (AvgIpc) is 2.83. The second-order valence-corrected chi connectivity index (χ2v) is 5.58.